The summed E-state index contributed by atoms with van der Waals surface area (Å²) in [5.74, 6) is -1.01. The van der Waals surface area contributed by atoms with Gasteiger partial charge in [-0.15, -0.1) is 11.6 Å². The van der Waals surface area contributed by atoms with Gasteiger partial charge in [-0.25, -0.2) is 0 Å². The van der Waals surface area contributed by atoms with Crippen LogP contribution in [0.1, 0.15) is 15.9 Å². The number of halogens is 1. The number of fused-ring (bicyclic) bond motifs is 1. The predicted molar refractivity (Wildman–Crippen MR) is 53.7 cm³/mol. The van der Waals surface area contributed by atoms with E-state index in [0.717, 1.165) is 5.56 Å². The zero-order chi connectivity index (χ0) is 10.3. The topological polar surface area (TPSA) is 37.4 Å². The summed E-state index contributed by atoms with van der Waals surface area (Å²) in [5.41, 5.74) is 2.03. The number of rotatable bonds is 1. The highest BCUT2D eigenvalue weighted by molar-refractivity contribution is 6.53. The molecule has 2 rings (SSSR count). The maximum Gasteiger partial charge on any atom is 0.300 e. The van der Waals surface area contributed by atoms with Gasteiger partial charge in [-0.1, -0.05) is 11.6 Å². The lowest BCUT2D eigenvalue weighted by molar-refractivity contribution is -0.114. The number of alkyl halides is 1. The molecule has 14 heavy (non-hydrogen) atoms. The fourth-order valence-electron chi connectivity index (χ4n) is 1.53. The van der Waals surface area contributed by atoms with Crippen LogP contribution in [0.3, 0.4) is 0 Å². The molecule has 1 aliphatic heterocycles. The number of carbonyl (C=O) groups is 2. The molecule has 0 fully saturated rings. The van der Waals surface area contributed by atoms with Crippen LogP contribution in [0.5, 0.6) is 0 Å². The van der Waals surface area contributed by atoms with E-state index in [1.54, 1.807) is 12.1 Å². The van der Waals surface area contributed by atoms with Gasteiger partial charge in [0, 0.05) is 0 Å². The van der Waals surface area contributed by atoms with Crippen molar-refractivity contribution in [3.05, 3.63) is 29.3 Å². The molecule has 0 saturated heterocycles. The molecule has 0 aliphatic carbocycles. The highest BCUT2D eigenvalue weighted by Crippen LogP contribution is 2.29. The Bertz CT molecular complexity index is 428. The highest BCUT2D eigenvalue weighted by atomic mass is 35.5. The fraction of sp³-hybridized carbons (Fsp3) is 0.200. The molecule has 0 atom stereocenters. The van der Waals surface area contributed by atoms with Crippen molar-refractivity contribution in [2.45, 2.75) is 6.92 Å². The number of carbonyl (C=O) groups excluding carboxylic acids is 2. The van der Waals surface area contributed by atoms with E-state index in [1.807, 2.05) is 13.0 Å². The van der Waals surface area contributed by atoms with Crippen molar-refractivity contribution in [1.82, 2.24) is 0 Å². The van der Waals surface area contributed by atoms with Crippen LogP contribution >= 0.6 is 11.6 Å². The molecular formula is C10H8ClNO2. The minimum Gasteiger partial charge on any atom is -0.291 e. The highest BCUT2D eigenvalue weighted by Gasteiger charge is 2.34. The van der Waals surface area contributed by atoms with E-state index in [2.05, 4.69) is 0 Å². The van der Waals surface area contributed by atoms with Gasteiger partial charge >= 0.3 is 5.91 Å². The number of anilines is 1. The molecule has 4 heteroatoms. The summed E-state index contributed by atoms with van der Waals surface area (Å²) in [5, 5.41) is 0. The molecule has 0 radical (unpaired) electrons. The van der Waals surface area contributed by atoms with Gasteiger partial charge in [-0.2, -0.15) is 0 Å². The van der Waals surface area contributed by atoms with Crippen LogP contribution in [-0.4, -0.2) is 17.7 Å². The Balaban J connectivity index is 2.61. The maximum absolute atomic E-state index is 11.5. The van der Waals surface area contributed by atoms with Crippen LogP contribution < -0.4 is 4.90 Å². The third kappa shape index (κ3) is 1.13. The van der Waals surface area contributed by atoms with E-state index in [4.69, 9.17) is 11.6 Å². The van der Waals surface area contributed by atoms with Crippen LogP contribution in [0.2, 0.25) is 0 Å². The molecule has 1 aromatic rings. The second kappa shape index (κ2) is 3.10. The number of amides is 1. The van der Waals surface area contributed by atoms with E-state index in [-0.39, 0.29) is 6.00 Å². The molecular weight excluding hydrogens is 202 g/mol. The van der Waals surface area contributed by atoms with Crippen molar-refractivity contribution in [2.75, 3.05) is 10.9 Å². The van der Waals surface area contributed by atoms with Crippen LogP contribution in [0, 0.1) is 6.92 Å². The van der Waals surface area contributed by atoms with Gasteiger partial charge in [-0.05, 0) is 19.1 Å². The summed E-state index contributed by atoms with van der Waals surface area (Å²) in [7, 11) is 0. The number of hydrogen-bond donors (Lipinski definition) is 0. The van der Waals surface area contributed by atoms with Gasteiger partial charge in [0.15, 0.2) is 0 Å². The second-order valence-electron chi connectivity index (χ2n) is 3.20. The molecule has 0 aromatic heterocycles. The fourth-order valence-corrected chi connectivity index (χ4v) is 1.77. The summed E-state index contributed by atoms with van der Waals surface area (Å²) in [6.45, 7) is 1.88. The Morgan fingerprint density at radius 2 is 2.07 bits per heavy atom. The Kier molecular flexibility index (Phi) is 2.04. The molecule has 0 saturated carbocycles. The normalized spacial score (nSPS) is 14.9. The smallest absolute Gasteiger partial charge is 0.291 e. The third-order valence-electron chi connectivity index (χ3n) is 2.25. The first kappa shape index (κ1) is 9.21. The molecule has 3 nitrogen and oxygen atoms in total. The van der Waals surface area contributed by atoms with Crippen LogP contribution in [0.25, 0.3) is 0 Å². The SMILES string of the molecule is Cc1ccc2c(c1)C(=O)C(=O)N2CCl. The first-order valence-corrected chi connectivity index (χ1v) is 4.71. The van der Waals surface area contributed by atoms with Gasteiger partial charge < -0.3 is 0 Å². The molecule has 1 aromatic carbocycles. The monoisotopic (exact) mass is 209 g/mol. The number of nitrogens with zero attached hydrogens (tertiary/aromatic N) is 1. The van der Waals surface area contributed by atoms with E-state index in [0.29, 0.717) is 11.3 Å². The number of Topliss-reactive ketones (excluding diaryl/α,β-unsaturated/α-hetero) is 1. The average Bonchev–Trinajstić information content (AvgIpc) is 2.41. The first-order valence-electron chi connectivity index (χ1n) is 4.18. The molecule has 1 amide bonds. The van der Waals surface area contributed by atoms with Crippen molar-refractivity contribution < 1.29 is 9.59 Å². The Morgan fingerprint density at radius 1 is 1.36 bits per heavy atom. The number of aryl methyl sites for hydroxylation is 1. The lowest BCUT2D eigenvalue weighted by Gasteiger charge is -2.11. The van der Waals surface area contributed by atoms with Crippen molar-refractivity contribution in [2.24, 2.45) is 0 Å². The number of ketones is 1. The van der Waals surface area contributed by atoms with Crippen LogP contribution in [0.4, 0.5) is 5.69 Å². The second-order valence-corrected chi connectivity index (χ2v) is 3.44. The molecule has 0 unspecified atom stereocenters. The lowest BCUT2D eigenvalue weighted by Crippen LogP contribution is -2.28. The van der Waals surface area contributed by atoms with Crippen LogP contribution in [-0.2, 0) is 4.79 Å². The molecule has 0 N–H and O–H groups in total. The first-order chi connectivity index (χ1) is 6.65. The summed E-state index contributed by atoms with van der Waals surface area (Å²) < 4.78 is 0. The molecule has 1 aliphatic rings. The minimum absolute atomic E-state index is 0.0145. The van der Waals surface area contributed by atoms with Crippen molar-refractivity contribution in [3.63, 3.8) is 0 Å². The number of benzene rings is 1. The predicted octanol–water partition coefficient (Wildman–Crippen LogP) is 1.72. The Morgan fingerprint density at radius 3 is 2.71 bits per heavy atom. The van der Waals surface area contributed by atoms with E-state index in [1.165, 1.54) is 4.90 Å². The quantitative estimate of drug-likeness (QED) is 0.401. The van der Waals surface area contributed by atoms with Crippen molar-refractivity contribution >= 4 is 29.0 Å². The molecule has 0 spiro atoms. The standard InChI is InChI=1S/C10H8ClNO2/c1-6-2-3-8-7(4-6)9(13)10(14)12(8)5-11/h2-4H,5H2,1H3. The summed E-state index contributed by atoms with van der Waals surface area (Å²) in [4.78, 5) is 24.1. The van der Waals surface area contributed by atoms with Crippen molar-refractivity contribution in [1.29, 1.82) is 0 Å². The summed E-state index contributed by atoms with van der Waals surface area (Å²) >= 11 is 5.59. The maximum atomic E-state index is 11.5. The third-order valence-corrected chi connectivity index (χ3v) is 2.49. The largest absolute Gasteiger partial charge is 0.300 e. The van der Waals surface area contributed by atoms with Crippen molar-refractivity contribution in [3.8, 4) is 0 Å². The zero-order valence-electron chi connectivity index (χ0n) is 7.58. The van der Waals surface area contributed by atoms with Crippen LogP contribution in [0.15, 0.2) is 18.2 Å². The Labute approximate surface area is 86.3 Å². The van der Waals surface area contributed by atoms with Gasteiger partial charge in [0.2, 0.25) is 0 Å². The van der Waals surface area contributed by atoms with E-state index in [9.17, 15) is 9.59 Å². The minimum atomic E-state index is -0.541. The average molecular weight is 210 g/mol. The van der Waals surface area contributed by atoms with E-state index >= 15 is 0 Å². The summed E-state index contributed by atoms with van der Waals surface area (Å²) in [6, 6.07) is 5.32. The lowest BCUT2D eigenvalue weighted by atomic mass is 10.1. The van der Waals surface area contributed by atoms with E-state index < -0.39 is 11.7 Å². The van der Waals surface area contributed by atoms with Gasteiger partial charge in [0.1, 0.15) is 6.00 Å². The number of hydrogen-bond acceptors (Lipinski definition) is 2. The molecule has 0 bridgehead atoms. The zero-order valence-corrected chi connectivity index (χ0v) is 8.34. The summed E-state index contributed by atoms with van der Waals surface area (Å²) in [6.07, 6.45) is 0. The molecule has 72 valence electrons. The van der Waals surface area contributed by atoms with Gasteiger partial charge in [0.25, 0.3) is 5.78 Å². The van der Waals surface area contributed by atoms with Gasteiger partial charge in [-0.3, -0.25) is 14.5 Å². The molecule has 1 heterocycles. The Hall–Kier alpha value is -1.35. The van der Waals surface area contributed by atoms with Gasteiger partial charge in [0.05, 0.1) is 11.3 Å².